The van der Waals surface area contributed by atoms with Crippen LogP contribution in [0.1, 0.15) is 50.5 Å². The first-order valence-electron chi connectivity index (χ1n) is 7.89. The topological polar surface area (TPSA) is 12.0 Å². The fraction of sp³-hybridized carbons (Fsp3) is 0.647. The molecule has 2 aliphatic carbocycles. The largest absolute Gasteiger partial charge is 0.310 e. The Kier molecular flexibility index (Phi) is 4.35. The molecule has 0 heterocycles. The first kappa shape index (κ1) is 14.0. The van der Waals surface area contributed by atoms with Crippen molar-refractivity contribution >= 4 is 0 Å². The van der Waals surface area contributed by atoms with Crippen LogP contribution in [0.3, 0.4) is 0 Å². The van der Waals surface area contributed by atoms with E-state index in [9.17, 15) is 8.78 Å². The van der Waals surface area contributed by atoms with Gasteiger partial charge >= 0.3 is 0 Å². The van der Waals surface area contributed by atoms with Gasteiger partial charge in [0.1, 0.15) is 11.6 Å². The second-order valence-electron chi connectivity index (χ2n) is 6.43. The van der Waals surface area contributed by atoms with Gasteiger partial charge in [0.15, 0.2) is 0 Å². The van der Waals surface area contributed by atoms with Gasteiger partial charge in [-0.3, -0.25) is 0 Å². The van der Waals surface area contributed by atoms with Crippen molar-refractivity contribution in [3.8, 4) is 0 Å². The van der Waals surface area contributed by atoms with E-state index in [4.69, 9.17) is 0 Å². The van der Waals surface area contributed by atoms with Crippen molar-refractivity contribution in [2.45, 2.75) is 57.5 Å². The van der Waals surface area contributed by atoms with Crippen LogP contribution < -0.4 is 5.32 Å². The van der Waals surface area contributed by atoms with Gasteiger partial charge in [0.25, 0.3) is 0 Å². The Hall–Kier alpha value is -0.960. The maximum atomic E-state index is 13.6. The fourth-order valence-corrected chi connectivity index (χ4v) is 3.98. The monoisotopic (exact) mass is 279 g/mol. The van der Waals surface area contributed by atoms with Crippen LogP contribution in [0.2, 0.25) is 0 Å². The summed E-state index contributed by atoms with van der Waals surface area (Å²) in [6, 6.07) is 4.34. The highest BCUT2D eigenvalue weighted by atomic mass is 19.1. The number of rotatable bonds is 3. The molecule has 2 aliphatic rings. The summed E-state index contributed by atoms with van der Waals surface area (Å²) in [5.74, 6) is 0.857. The van der Waals surface area contributed by atoms with Crippen LogP contribution >= 0.6 is 0 Å². The van der Waals surface area contributed by atoms with E-state index in [-0.39, 0.29) is 0 Å². The van der Waals surface area contributed by atoms with Gasteiger partial charge in [0.2, 0.25) is 0 Å². The zero-order chi connectivity index (χ0) is 13.9. The molecule has 0 saturated heterocycles. The minimum atomic E-state index is -0.506. The molecule has 1 aromatic carbocycles. The molecule has 0 bridgehead atoms. The van der Waals surface area contributed by atoms with Crippen LogP contribution in [0, 0.1) is 23.5 Å². The lowest BCUT2D eigenvalue weighted by Crippen LogP contribution is -2.38. The van der Waals surface area contributed by atoms with E-state index >= 15 is 0 Å². The minimum absolute atomic E-state index is 0.441. The molecular formula is C17H23F2N. The van der Waals surface area contributed by atoms with Crippen molar-refractivity contribution in [1.82, 2.24) is 5.32 Å². The molecule has 2 fully saturated rings. The van der Waals surface area contributed by atoms with E-state index in [2.05, 4.69) is 5.32 Å². The van der Waals surface area contributed by atoms with E-state index in [1.165, 1.54) is 51.0 Å². The summed E-state index contributed by atoms with van der Waals surface area (Å²) in [6.45, 7) is 0.508. The first-order valence-corrected chi connectivity index (χ1v) is 7.89. The van der Waals surface area contributed by atoms with Crippen molar-refractivity contribution in [3.63, 3.8) is 0 Å². The summed E-state index contributed by atoms with van der Waals surface area (Å²) >= 11 is 0. The third-order valence-corrected chi connectivity index (χ3v) is 5.14. The third kappa shape index (κ3) is 3.20. The van der Waals surface area contributed by atoms with E-state index in [0.29, 0.717) is 18.2 Å². The standard InChI is InChI=1S/C17H23F2N/c18-15-7-5-14(17(19)10-15)11-20-16-8-6-12-3-1-2-4-13(12)9-16/h5,7,10,12-13,16,20H,1-4,6,8-9,11H2. The van der Waals surface area contributed by atoms with Crippen LogP contribution in [0.15, 0.2) is 18.2 Å². The predicted octanol–water partition coefficient (Wildman–Crippen LogP) is 4.41. The average molecular weight is 279 g/mol. The Balaban J connectivity index is 1.53. The zero-order valence-corrected chi connectivity index (χ0v) is 11.9. The average Bonchev–Trinajstić information content (AvgIpc) is 2.46. The van der Waals surface area contributed by atoms with Gasteiger partial charge in [-0.2, -0.15) is 0 Å². The smallest absolute Gasteiger partial charge is 0.130 e. The van der Waals surface area contributed by atoms with Gasteiger partial charge in [-0.25, -0.2) is 8.78 Å². The highest BCUT2D eigenvalue weighted by Crippen LogP contribution is 2.40. The SMILES string of the molecule is Fc1ccc(CNC2CCC3CCCCC3C2)c(F)c1. The number of nitrogens with one attached hydrogen (secondary N) is 1. The lowest BCUT2D eigenvalue weighted by molar-refractivity contribution is 0.143. The molecule has 0 amide bonds. The normalized spacial score (nSPS) is 30.0. The lowest BCUT2D eigenvalue weighted by Gasteiger charge is -2.39. The Morgan fingerprint density at radius 1 is 1.00 bits per heavy atom. The van der Waals surface area contributed by atoms with E-state index in [1.807, 2.05) is 0 Å². The molecule has 2 saturated carbocycles. The van der Waals surface area contributed by atoms with Gasteiger partial charge in [-0.1, -0.05) is 31.7 Å². The Labute approximate surface area is 119 Å². The van der Waals surface area contributed by atoms with Gasteiger partial charge in [-0.05, 0) is 37.2 Å². The molecule has 1 N–H and O–H groups in total. The molecule has 0 radical (unpaired) electrons. The van der Waals surface area contributed by atoms with Crippen molar-refractivity contribution < 1.29 is 8.78 Å². The molecule has 1 nitrogen and oxygen atoms in total. The van der Waals surface area contributed by atoms with Gasteiger partial charge in [0.05, 0.1) is 0 Å². The van der Waals surface area contributed by atoms with Crippen molar-refractivity contribution in [1.29, 1.82) is 0 Å². The lowest BCUT2D eigenvalue weighted by atomic mass is 9.69. The van der Waals surface area contributed by atoms with Crippen molar-refractivity contribution in [3.05, 3.63) is 35.4 Å². The summed E-state index contributed by atoms with van der Waals surface area (Å²) < 4.78 is 26.5. The number of hydrogen-bond acceptors (Lipinski definition) is 1. The van der Waals surface area contributed by atoms with Crippen LogP contribution in [-0.2, 0) is 6.54 Å². The summed E-state index contributed by atoms with van der Waals surface area (Å²) in [5, 5.41) is 3.47. The molecule has 1 aromatic rings. The maximum Gasteiger partial charge on any atom is 0.130 e. The van der Waals surface area contributed by atoms with Crippen molar-refractivity contribution in [2.75, 3.05) is 0 Å². The molecule has 3 heteroatoms. The highest BCUT2D eigenvalue weighted by molar-refractivity contribution is 5.18. The molecule has 3 rings (SSSR count). The second kappa shape index (κ2) is 6.21. The summed E-state index contributed by atoms with van der Waals surface area (Å²) in [6.07, 6.45) is 9.30. The summed E-state index contributed by atoms with van der Waals surface area (Å²) in [4.78, 5) is 0. The van der Waals surface area contributed by atoms with Crippen LogP contribution in [0.4, 0.5) is 8.78 Å². The zero-order valence-electron chi connectivity index (χ0n) is 11.9. The molecule has 0 aromatic heterocycles. The molecule has 20 heavy (non-hydrogen) atoms. The number of hydrogen-bond donors (Lipinski definition) is 1. The predicted molar refractivity (Wildman–Crippen MR) is 76.3 cm³/mol. The van der Waals surface area contributed by atoms with Gasteiger partial charge < -0.3 is 5.32 Å². The van der Waals surface area contributed by atoms with Crippen molar-refractivity contribution in [2.24, 2.45) is 11.8 Å². The van der Waals surface area contributed by atoms with E-state index < -0.39 is 11.6 Å². The van der Waals surface area contributed by atoms with Gasteiger partial charge in [0, 0.05) is 24.2 Å². The third-order valence-electron chi connectivity index (χ3n) is 5.14. The minimum Gasteiger partial charge on any atom is -0.310 e. The second-order valence-corrected chi connectivity index (χ2v) is 6.43. The van der Waals surface area contributed by atoms with Crippen LogP contribution in [0.5, 0.6) is 0 Å². The molecular weight excluding hydrogens is 256 g/mol. The Morgan fingerprint density at radius 2 is 1.80 bits per heavy atom. The Bertz CT molecular complexity index is 460. The molecule has 0 aliphatic heterocycles. The molecule has 0 spiro atoms. The summed E-state index contributed by atoms with van der Waals surface area (Å²) in [7, 11) is 0. The quantitative estimate of drug-likeness (QED) is 0.864. The fourth-order valence-electron chi connectivity index (χ4n) is 3.98. The first-order chi connectivity index (χ1) is 9.72. The van der Waals surface area contributed by atoms with Crippen LogP contribution in [-0.4, -0.2) is 6.04 Å². The van der Waals surface area contributed by atoms with E-state index in [0.717, 1.165) is 17.9 Å². The maximum absolute atomic E-state index is 13.6. The molecule has 3 unspecified atom stereocenters. The molecule has 110 valence electrons. The summed E-state index contributed by atoms with van der Waals surface area (Å²) in [5.41, 5.74) is 0.567. The van der Waals surface area contributed by atoms with E-state index in [1.54, 1.807) is 6.07 Å². The number of benzene rings is 1. The number of halogens is 2. The van der Waals surface area contributed by atoms with Gasteiger partial charge in [-0.15, -0.1) is 0 Å². The highest BCUT2D eigenvalue weighted by Gasteiger charge is 2.31. The molecule has 3 atom stereocenters. The van der Waals surface area contributed by atoms with Crippen LogP contribution in [0.25, 0.3) is 0 Å². The Morgan fingerprint density at radius 3 is 2.60 bits per heavy atom. The number of fused-ring (bicyclic) bond motifs is 1.